The number of nitriles is 1. The number of aromatic nitrogens is 2. The molecule has 8 heteroatoms. The first kappa shape index (κ1) is 19.7. The number of rotatable bonds is 5. The first-order valence-corrected chi connectivity index (χ1v) is 9.73. The molecule has 0 spiro atoms. The molecule has 1 N–H and O–H groups in total. The second-order valence-corrected chi connectivity index (χ2v) is 7.22. The molecule has 0 bridgehead atoms. The van der Waals surface area contributed by atoms with E-state index in [0.29, 0.717) is 47.9 Å². The zero-order valence-electron chi connectivity index (χ0n) is 16.2. The van der Waals surface area contributed by atoms with Crippen molar-refractivity contribution < 1.29 is 13.7 Å². The van der Waals surface area contributed by atoms with Gasteiger partial charge >= 0.3 is 0 Å². The number of likely N-dealkylation sites (tertiary alicyclic amines) is 1. The lowest BCUT2D eigenvalue weighted by Crippen LogP contribution is -2.38. The monoisotopic (exact) mass is 405 g/mol. The molecule has 1 fully saturated rings. The van der Waals surface area contributed by atoms with Crippen LogP contribution in [-0.4, -0.2) is 34.0 Å². The standard InChI is InChI=1S/C22H20FN5O2/c23-18-7-5-16(6-8-18)22-26-20(27-30-22)14-28-11-9-15(10-12-28)21(29)25-19-4-2-1-3-17(19)13-24/h1-8,15H,9-12,14H2,(H,25,29). The topological polar surface area (TPSA) is 95.1 Å². The summed E-state index contributed by atoms with van der Waals surface area (Å²) in [5.41, 5.74) is 1.67. The zero-order valence-corrected chi connectivity index (χ0v) is 16.2. The van der Waals surface area contributed by atoms with E-state index in [1.807, 2.05) is 0 Å². The van der Waals surface area contributed by atoms with Crippen LogP contribution >= 0.6 is 0 Å². The average Bonchev–Trinajstić information content (AvgIpc) is 3.23. The Balaban J connectivity index is 1.30. The molecule has 1 saturated heterocycles. The van der Waals surface area contributed by atoms with Gasteiger partial charge in [0.05, 0.1) is 17.8 Å². The van der Waals surface area contributed by atoms with Crippen LogP contribution < -0.4 is 5.32 Å². The van der Waals surface area contributed by atoms with E-state index in [0.717, 1.165) is 13.1 Å². The molecule has 30 heavy (non-hydrogen) atoms. The Hall–Kier alpha value is -3.57. The van der Waals surface area contributed by atoms with Crippen LogP contribution in [-0.2, 0) is 11.3 Å². The van der Waals surface area contributed by atoms with Crippen molar-refractivity contribution in [2.75, 3.05) is 18.4 Å². The first-order chi connectivity index (χ1) is 14.6. The Morgan fingerprint density at radius 3 is 2.67 bits per heavy atom. The quantitative estimate of drug-likeness (QED) is 0.697. The third kappa shape index (κ3) is 4.53. The van der Waals surface area contributed by atoms with Crippen molar-refractivity contribution >= 4 is 11.6 Å². The highest BCUT2D eigenvalue weighted by atomic mass is 19.1. The van der Waals surface area contributed by atoms with Crippen LogP contribution in [0.4, 0.5) is 10.1 Å². The minimum Gasteiger partial charge on any atom is -0.334 e. The van der Waals surface area contributed by atoms with E-state index in [2.05, 4.69) is 26.4 Å². The van der Waals surface area contributed by atoms with E-state index in [1.54, 1.807) is 36.4 Å². The number of anilines is 1. The van der Waals surface area contributed by atoms with Gasteiger partial charge in [-0.15, -0.1) is 0 Å². The average molecular weight is 405 g/mol. The Labute approximate surface area is 173 Å². The second-order valence-electron chi connectivity index (χ2n) is 7.22. The van der Waals surface area contributed by atoms with E-state index in [4.69, 9.17) is 9.78 Å². The number of nitrogens with zero attached hydrogens (tertiary/aromatic N) is 4. The van der Waals surface area contributed by atoms with Gasteiger partial charge in [0.25, 0.3) is 5.89 Å². The SMILES string of the molecule is N#Cc1ccccc1NC(=O)C1CCN(Cc2noc(-c3ccc(F)cc3)n2)CC1. The molecule has 0 aliphatic carbocycles. The summed E-state index contributed by atoms with van der Waals surface area (Å²) in [6.45, 7) is 1.99. The molecule has 152 valence electrons. The number of benzene rings is 2. The lowest BCUT2D eigenvalue weighted by molar-refractivity contribution is -0.121. The fraction of sp³-hybridized carbons (Fsp3) is 0.273. The van der Waals surface area contributed by atoms with Gasteiger partial charge < -0.3 is 9.84 Å². The maximum Gasteiger partial charge on any atom is 0.257 e. The molecule has 0 radical (unpaired) electrons. The van der Waals surface area contributed by atoms with Gasteiger partial charge in [-0.3, -0.25) is 9.69 Å². The van der Waals surface area contributed by atoms with Gasteiger partial charge in [0.1, 0.15) is 11.9 Å². The Morgan fingerprint density at radius 1 is 1.20 bits per heavy atom. The van der Waals surface area contributed by atoms with Crippen LogP contribution in [0.1, 0.15) is 24.2 Å². The first-order valence-electron chi connectivity index (χ1n) is 9.73. The lowest BCUT2D eigenvalue weighted by atomic mass is 9.95. The van der Waals surface area contributed by atoms with Gasteiger partial charge in [-0.2, -0.15) is 10.2 Å². The fourth-order valence-electron chi connectivity index (χ4n) is 3.51. The van der Waals surface area contributed by atoms with Crippen LogP contribution in [0.3, 0.4) is 0 Å². The number of carbonyl (C=O) groups is 1. The minimum absolute atomic E-state index is 0.0597. The third-order valence-electron chi connectivity index (χ3n) is 5.19. The summed E-state index contributed by atoms with van der Waals surface area (Å²) in [7, 11) is 0. The van der Waals surface area contributed by atoms with Crippen LogP contribution in [0, 0.1) is 23.1 Å². The van der Waals surface area contributed by atoms with E-state index < -0.39 is 0 Å². The largest absolute Gasteiger partial charge is 0.334 e. The highest BCUT2D eigenvalue weighted by Crippen LogP contribution is 2.23. The van der Waals surface area contributed by atoms with Gasteiger partial charge in [-0.1, -0.05) is 17.3 Å². The van der Waals surface area contributed by atoms with Gasteiger partial charge in [-0.25, -0.2) is 4.39 Å². The van der Waals surface area contributed by atoms with Crippen molar-refractivity contribution in [3.63, 3.8) is 0 Å². The highest BCUT2D eigenvalue weighted by molar-refractivity contribution is 5.93. The van der Waals surface area contributed by atoms with Crippen LogP contribution in [0.2, 0.25) is 0 Å². The van der Waals surface area contributed by atoms with Crippen molar-refractivity contribution in [3.05, 3.63) is 65.7 Å². The number of para-hydroxylation sites is 1. The molecule has 1 amide bonds. The highest BCUT2D eigenvalue weighted by Gasteiger charge is 2.26. The maximum absolute atomic E-state index is 13.0. The molecule has 3 aromatic rings. The van der Waals surface area contributed by atoms with E-state index in [9.17, 15) is 9.18 Å². The second kappa shape index (κ2) is 8.84. The van der Waals surface area contributed by atoms with E-state index in [-0.39, 0.29) is 17.6 Å². The van der Waals surface area contributed by atoms with Crippen molar-refractivity contribution in [3.8, 4) is 17.5 Å². The molecule has 1 aromatic heterocycles. The summed E-state index contributed by atoms with van der Waals surface area (Å²) in [5, 5.41) is 16.0. The van der Waals surface area contributed by atoms with Gasteiger partial charge in [-0.05, 0) is 62.3 Å². The summed E-state index contributed by atoms with van der Waals surface area (Å²) >= 11 is 0. The molecule has 0 saturated carbocycles. The zero-order chi connectivity index (χ0) is 20.9. The van der Waals surface area contributed by atoms with Gasteiger partial charge in [0.15, 0.2) is 5.82 Å². The molecule has 0 unspecified atom stereocenters. The number of hydrogen-bond acceptors (Lipinski definition) is 6. The molecule has 0 atom stereocenters. The number of hydrogen-bond donors (Lipinski definition) is 1. The van der Waals surface area contributed by atoms with Crippen molar-refractivity contribution in [1.82, 2.24) is 15.0 Å². The molecular formula is C22H20FN5O2. The smallest absolute Gasteiger partial charge is 0.257 e. The summed E-state index contributed by atoms with van der Waals surface area (Å²) in [4.78, 5) is 19.1. The minimum atomic E-state index is -0.318. The van der Waals surface area contributed by atoms with Crippen LogP contribution in [0.5, 0.6) is 0 Å². The van der Waals surface area contributed by atoms with Crippen molar-refractivity contribution in [1.29, 1.82) is 5.26 Å². The molecule has 1 aliphatic rings. The van der Waals surface area contributed by atoms with Crippen LogP contribution in [0.15, 0.2) is 53.1 Å². The van der Waals surface area contributed by atoms with Crippen LogP contribution in [0.25, 0.3) is 11.5 Å². The summed E-state index contributed by atoms with van der Waals surface area (Å²) in [6, 6.07) is 15.0. The Kier molecular flexibility index (Phi) is 5.82. The number of halogens is 1. The molecular weight excluding hydrogens is 385 g/mol. The summed E-state index contributed by atoms with van der Waals surface area (Å²) < 4.78 is 18.3. The third-order valence-corrected chi connectivity index (χ3v) is 5.19. The molecule has 7 nitrogen and oxygen atoms in total. The summed E-state index contributed by atoms with van der Waals surface area (Å²) in [5.74, 6) is 0.431. The van der Waals surface area contributed by atoms with E-state index >= 15 is 0 Å². The Bertz CT molecular complexity index is 1070. The summed E-state index contributed by atoms with van der Waals surface area (Å²) in [6.07, 6.45) is 1.42. The maximum atomic E-state index is 13.0. The fourth-order valence-corrected chi connectivity index (χ4v) is 3.51. The van der Waals surface area contributed by atoms with Gasteiger partial charge in [0, 0.05) is 11.5 Å². The van der Waals surface area contributed by atoms with Gasteiger partial charge in [0.2, 0.25) is 5.91 Å². The molecule has 4 rings (SSSR count). The van der Waals surface area contributed by atoms with E-state index in [1.165, 1.54) is 12.1 Å². The number of piperidine rings is 1. The normalized spacial score (nSPS) is 14.9. The Morgan fingerprint density at radius 2 is 1.93 bits per heavy atom. The molecule has 2 heterocycles. The predicted molar refractivity (Wildman–Crippen MR) is 107 cm³/mol. The number of amides is 1. The predicted octanol–water partition coefficient (Wildman–Crippen LogP) is 3.60. The number of carbonyl (C=O) groups excluding carboxylic acids is 1. The van der Waals surface area contributed by atoms with Crippen molar-refractivity contribution in [2.45, 2.75) is 19.4 Å². The number of nitrogens with one attached hydrogen (secondary N) is 1. The molecule has 1 aliphatic heterocycles. The molecule has 2 aromatic carbocycles. The lowest BCUT2D eigenvalue weighted by Gasteiger charge is -2.30. The van der Waals surface area contributed by atoms with Crippen molar-refractivity contribution in [2.24, 2.45) is 5.92 Å².